The first-order valence-electron chi connectivity index (χ1n) is 10.1. The average molecular weight is 323 g/mol. The Balaban J connectivity index is 1.85. The summed E-state index contributed by atoms with van der Waals surface area (Å²) in [5, 5.41) is 0. The summed E-state index contributed by atoms with van der Waals surface area (Å²) in [5.74, 6) is 0. The van der Waals surface area contributed by atoms with Gasteiger partial charge in [-0.3, -0.25) is 0 Å². The molecule has 0 saturated carbocycles. The fraction of sp³-hybridized carbons (Fsp3) is 0.850. The van der Waals surface area contributed by atoms with Gasteiger partial charge in [-0.2, -0.15) is 0 Å². The highest BCUT2D eigenvalue weighted by atomic mass is 15.1. The molecule has 0 aliphatic carbocycles. The Kier molecular flexibility index (Phi) is 13.0. The van der Waals surface area contributed by atoms with Gasteiger partial charge in [0.25, 0.3) is 0 Å². The van der Waals surface area contributed by atoms with Crippen LogP contribution in [0.4, 0.5) is 0 Å². The van der Waals surface area contributed by atoms with E-state index in [2.05, 4.69) is 34.8 Å². The van der Waals surface area contributed by atoms with E-state index in [1.54, 1.807) is 0 Å². The molecule has 2 N–H and O–H groups in total. The molecule has 0 aliphatic heterocycles. The first-order valence-corrected chi connectivity index (χ1v) is 10.1. The maximum atomic E-state index is 5.55. The number of aromatic nitrogens is 2. The maximum absolute atomic E-state index is 5.55. The SMILES string of the molecule is CCCCCCCCCCCCCCn1cc[n+](CCCN)c1. The summed E-state index contributed by atoms with van der Waals surface area (Å²) < 4.78 is 4.56. The predicted octanol–water partition coefficient (Wildman–Crippen LogP) is 4.83. The molecule has 0 spiro atoms. The molecule has 0 radical (unpaired) electrons. The highest BCUT2D eigenvalue weighted by Crippen LogP contribution is 2.12. The van der Waals surface area contributed by atoms with E-state index in [4.69, 9.17) is 5.73 Å². The normalized spacial score (nSPS) is 11.2. The fourth-order valence-electron chi connectivity index (χ4n) is 3.11. The first-order chi connectivity index (χ1) is 11.4. The highest BCUT2D eigenvalue weighted by Gasteiger charge is 2.02. The van der Waals surface area contributed by atoms with Gasteiger partial charge in [0.05, 0.1) is 13.1 Å². The predicted molar refractivity (Wildman–Crippen MR) is 99.4 cm³/mol. The first kappa shape index (κ1) is 20.2. The van der Waals surface area contributed by atoms with E-state index in [0.29, 0.717) is 0 Å². The minimum Gasteiger partial charge on any atom is -0.330 e. The van der Waals surface area contributed by atoms with Gasteiger partial charge >= 0.3 is 0 Å². The van der Waals surface area contributed by atoms with Gasteiger partial charge in [-0.15, -0.1) is 0 Å². The summed E-state index contributed by atoms with van der Waals surface area (Å²) in [5.41, 5.74) is 5.55. The van der Waals surface area contributed by atoms with E-state index >= 15 is 0 Å². The zero-order chi connectivity index (χ0) is 16.6. The lowest BCUT2D eigenvalue weighted by Gasteiger charge is -2.02. The molecule has 0 saturated heterocycles. The van der Waals surface area contributed by atoms with Crippen molar-refractivity contribution in [1.82, 2.24) is 4.57 Å². The quantitative estimate of drug-likeness (QED) is 0.343. The Labute approximate surface area is 144 Å². The lowest BCUT2D eigenvalue weighted by molar-refractivity contribution is -0.696. The maximum Gasteiger partial charge on any atom is 0.243 e. The van der Waals surface area contributed by atoms with Crippen LogP contribution in [0.1, 0.15) is 90.4 Å². The molecule has 0 aliphatic rings. The van der Waals surface area contributed by atoms with Crippen molar-refractivity contribution in [3.05, 3.63) is 18.7 Å². The molecule has 1 aromatic rings. The summed E-state index contributed by atoms with van der Waals surface area (Å²) in [7, 11) is 0. The van der Waals surface area contributed by atoms with E-state index in [0.717, 1.165) is 26.1 Å². The number of nitrogens with zero attached hydrogens (tertiary/aromatic N) is 2. The van der Waals surface area contributed by atoms with Crippen LogP contribution < -0.4 is 10.3 Å². The van der Waals surface area contributed by atoms with Crippen LogP contribution in [0.25, 0.3) is 0 Å². The van der Waals surface area contributed by atoms with Crippen molar-refractivity contribution in [2.24, 2.45) is 5.73 Å². The topological polar surface area (TPSA) is 34.8 Å². The molecule has 0 fully saturated rings. The van der Waals surface area contributed by atoms with Crippen LogP contribution in [0.15, 0.2) is 18.7 Å². The van der Waals surface area contributed by atoms with Gasteiger partial charge < -0.3 is 5.73 Å². The molecule has 0 aromatic carbocycles. The second-order valence-corrected chi connectivity index (χ2v) is 6.92. The van der Waals surface area contributed by atoms with Crippen LogP contribution in [0.5, 0.6) is 0 Å². The molecule has 1 aromatic heterocycles. The van der Waals surface area contributed by atoms with Crippen LogP contribution in [0.2, 0.25) is 0 Å². The molecule has 1 heterocycles. The van der Waals surface area contributed by atoms with Gasteiger partial charge in [0, 0.05) is 0 Å². The lowest BCUT2D eigenvalue weighted by Crippen LogP contribution is -2.32. The zero-order valence-corrected chi connectivity index (χ0v) is 15.5. The molecule has 0 amide bonds. The van der Waals surface area contributed by atoms with Gasteiger partial charge in [-0.05, 0) is 25.8 Å². The third-order valence-electron chi connectivity index (χ3n) is 4.64. The van der Waals surface area contributed by atoms with Crippen LogP contribution in [-0.2, 0) is 13.1 Å². The van der Waals surface area contributed by atoms with Crippen molar-refractivity contribution in [3.63, 3.8) is 0 Å². The smallest absolute Gasteiger partial charge is 0.243 e. The van der Waals surface area contributed by atoms with Crippen molar-refractivity contribution in [2.45, 2.75) is 103 Å². The molecule has 1 rings (SSSR count). The van der Waals surface area contributed by atoms with Gasteiger partial charge in [-0.1, -0.05) is 71.1 Å². The fourth-order valence-corrected chi connectivity index (χ4v) is 3.11. The van der Waals surface area contributed by atoms with Gasteiger partial charge in [-0.25, -0.2) is 9.13 Å². The molecule has 0 bridgehead atoms. The molecular formula is C20H40N3+. The van der Waals surface area contributed by atoms with Crippen molar-refractivity contribution in [3.8, 4) is 0 Å². The minimum absolute atomic E-state index is 0.775. The number of rotatable bonds is 16. The van der Waals surface area contributed by atoms with E-state index in [1.165, 1.54) is 77.0 Å². The average Bonchev–Trinajstić information content (AvgIpc) is 3.02. The van der Waals surface area contributed by atoms with Gasteiger partial charge in [0.2, 0.25) is 6.33 Å². The van der Waals surface area contributed by atoms with E-state index < -0.39 is 0 Å². The number of imidazole rings is 1. The summed E-state index contributed by atoms with van der Waals surface area (Å²) in [6.07, 6.45) is 24.6. The third kappa shape index (κ3) is 11.4. The third-order valence-corrected chi connectivity index (χ3v) is 4.64. The Morgan fingerprint density at radius 1 is 0.783 bits per heavy atom. The number of aryl methyl sites for hydroxylation is 2. The minimum atomic E-state index is 0.775. The van der Waals surface area contributed by atoms with Crippen LogP contribution in [-0.4, -0.2) is 11.1 Å². The molecular weight excluding hydrogens is 282 g/mol. The summed E-state index contributed by atoms with van der Waals surface area (Å²) in [6, 6.07) is 0. The second-order valence-electron chi connectivity index (χ2n) is 6.92. The van der Waals surface area contributed by atoms with Crippen molar-refractivity contribution in [2.75, 3.05) is 6.54 Å². The summed E-state index contributed by atoms with van der Waals surface area (Å²) in [6.45, 7) is 5.27. The zero-order valence-electron chi connectivity index (χ0n) is 15.5. The monoisotopic (exact) mass is 322 g/mol. The van der Waals surface area contributed by atoms with Crippen LogP contribution in [0.3, 0.4) is 0 Å². The number of hydrogen-bond acceptors (Lipinski definition) is 1. The van der Waals surface area contributed by atoms with E-state index in [9.17, 15) is 0 Å². The Hall–Kier alpha value is -0.830. The molecule has 0 unspecified atom stereocenters. The molecule has 3 heteroatoms. The van der Waals surface area contributed by atoms with Gasteiger partial charge in [0.15, 0.2) is 0 Å². The van der Waals surface area contributed by atoms with Crippen LogP contribution in [0, 0.1) is 0 Å². The Morgan fingerprint density at radius 2 is 1.35 bits per heavy atom. The molecule has 0 atom stereocenters. The number of unbranched alkanes of at least 4 members (excludes halogenated alkanes) is 11. The highest BCUT2D eigenvalue weighted by molar-refractivity contribution is 4.66. The Bertz CT molecular complexity index is 360. The number of hydrogen-bond donors (Lipinski definition) is 1. The Morgan fingerprint density at radius 3 is 1.91 bits per heavy atom. The number of nitrogens with two attached hydrogens (primary N) is 1. The molecule has 23 heavy (non-hydrogen) atoms. The second kappa shape index (κ2) is 14.7. The van der Waals surface area contributed by atoms with Gasteiger partial charge in [0.1, 0.15) is 12.4 Å². The standard InChI is InChI=1S/C20H40N3/c1-2-3-4-5-6-7-8-9-10-11-12-13-16-22-18-19-23(20-22)17-14-15-21/h18-20H,2-17,21H2,1H3/q+1. The summed E-state index contributed by atoms with van der Waals surface area (Å²) in [4.78, 5) is 0. The van der Waals surface area contributed by atoms with E-state index in [1.807, 2.05) is 0 Å². The van der Waals surface area contributed by atoms with Crippen molar-refractivity contribution in [1.29, 1.82) is 0 Å². The molecule has 3 nitrogen and oxygen atoms in total. The molecule has 134 valence electrons. The van der Waals surface area contributed by atoms with Crippen molar-refractivity contribution < 1.29 is 4.57 Å². The lowest BCUT2D eigenvalue weighted by atomic mass is 10.1. The summed E-state index contributed by atoms with van der Waals surface area (Å²) >= 11 is 0. The van der Waals surface area contributed by atoms with Crippen molar-refractivity contribution >= 4 is 0 Å². The largest absolute Gasteiger partial charge is 0.330 e. The van der Waals surface area contributed by atoms with Crippen LogP contribution >= 0.6 is 0 Å². The van der Waals surface area contributed by atoms with E-state index in [-0.39, 0.29) is 0 Å².